The Morgan fingerprint density at radius 2 is 1.80 bits per heavy atom. The van der Waals surface area contributed by atoms with E-state index in [4.69, 9.17) is 0 Å². The highest BCUT2D eigenvalue weighted by atomic mass is 127. The third kappa shape index (κ3) is 4.28. The first-order chi connectivity index (χ1) is 14.3. The molecular formula is C21H21F3IN3O2. The molecule has 0 spiro atoms. The van der Waals surface area contributed by atoms with Gasteiger partial charge in [-0.15, -0.1) is 0 Å². The van der Waals surface area contributed by atoms with E-state index in [1.807, 2.05) is 22.6 Å². The van der Waals surface area contributed by atoms with Crippen LogP contribution < -0.4 is 5.32 Å². The summed E-state index contributed by atoms with van der Waals surface area (Å²) in [5.41, 5.74) is -1.61. The van der Waals surface area contributed by atoms with Crippen molar-refractivity contribution in [1.82, 2.24) is 9.80 Å². The van der Waals surface area contributed by atoms with Crippen LogP contribution in [0.15, 0.2) is 30.3 Å². The molecule has 0 aliphatic carbocycles. The zero-order chi connectivity index (χ0) is 21.5. The molecule has 2 aliphatic rings. The zero-order valence-corrected chi connectivity index (χ0v) is 18.3. The minimum atomic E-state index is -1.26. The van der Waals surface area contributed by atoms with Gasteiger partial charge in [0.15, 0.2) is 11.6 Å². The van der Waals surface area contributed by atoms with Crippen molar-refractivity contribution in [2.45, 2.75) is 18.4 Å². The maximum Gasteiger partial charge on any atom is 0.256 e. The fraction of sp³-hybridized carbons (Fsp3) is 0.381. The number of likely N-dealkylation sites (tertiary alicyclic amines) is 2. The summed E-state index contributed by atoms with van der Waals surface area (Å²) in [6.07, 6.45) is 2.19. The summed E-state index contributed by atoms with van der Waals surface area (Å²) in [7, 11) is 0. The van der Waals surface area contributed by atoms with Crippen LogP contribution in [0.4, 0.5) is 24.5 Å². The van der Waals surface area contributed by atoms with Crippen molar-refractivity contribution < 1.29 is 23.1 Å². The van der Waals surface area contributed by atoms with Crippen LogP contribution in [0.1, 0.15) is 23.2 Å². The van der Waals surface area contributed by atoms with E-state index >= 15 is 0 Å². The van der Waals surface area contributed by atoms with E-state index < -0.39 is 34.6 Å². The summed E-state index contributed by atoms with van der Waals surface area (Å²) in [4.78, 5) is 16.5. The molecule has 9 heteroatoms. The number of aliphatic hydroxyl groups is 1. The fourth-order valence-electron chi connectivity index (χ4n) is 4.01. The molecule has 2 aromatic rings. The highest BCUT2D eigenvalue weighted by molar-refractivity contribution is 14.1. The average molecular weight is 531 g/mol. The number of nitrogens with one attached hydrogen (secondary N) is 1. The van der Waals surface area contributed by atoms with Gasteiger partial charge in [0.05, 0.1) is 30.0 Å². The Morgan fingerprint density at radius 1 is 1.10 bits per heavy atom. The largest absolute Gasteiger partial charge is 0.385 e. The van der Waals surface area contributed by atoms with Gasteiger partial charge in [-0.2, -0.15) is 0 Å². The second kappa shape index (κ2) is 8.35. The Morgan fingerprint density at radius 3 is 2.47 bits per heavy atom. The normalized spacial score (nSPS) is 18.4. The number of carbonyl (C=O) groups excluding carboxylic acids is 1. The van der Waals surface area contributed by atoms with Gasteiger partial charge >= 0.3 is 0 Å². The second-order valence-electron chi connectivity index (χ2n) is 7.90. The van der Waals surface area contributed by atoms with Gasteiger partial charge in [-0.05, 0) is 78.9 Å². The molecule has 2 aliphatic heterocycles. The average Bonchev–Trinajstić information content (AvgIpc) is 3.17. The molecule has 5 nitrogen and oxygen atoms in total. The number of benzene rings is 2. The van der Waals surface area contributed by atoms with Crippen LogP contribution >= 0.6 is 22.6 Å². The molecule has 2 N–H and O–H groups in total. The van der Waals surface area contributed by atoms with Crippen molar-refractivity contribution in [3.05, 3.63) is 56.9 Å². The standard InChI is InChI=1S/C21H21F3IN3O2/c22-15-5-4-14(19(18(15)24)26-17-6-3-13(25)9-16(17)23)20(29)28-11-21(30,12-28)10-27-7-1-2-8-27/h3-6,9,26,30H,1-2,7-8,10-12H2. The fourth-order valence-corrected chi connectivity index (χ4v) is 4.46. The third-order valence-electron chi connectivity index (χ3n) is 5.49. The van der Waals surface area contributed by atoms with Crippen LogP contribution in [-0.2, 0) is 0 Å². The molecule has 0 unspecified atom stereocenters. The van der Waals surface area contributed by atoms with Crippen molar-refractivity contribution in [2.75, 3.05) is 38.0 Å². The lowest BCUT2D eigenvalue weighted by atomic mass is 9.92. The lowest BCUT2D eigenvalue weighted by Gasteiger charge is -2.48. The number of hydrogen-bond donors (Lipinski definition) is 2. The molecule has 0 aromatic heterocycles. The van der Waals surface area contributed by atoms with E-state index in [1.165, 1.54) is 23.1 Å². The first-order valence-electron chi connectivity index (χ1n) is 9.70. The van der Waals surface area contributed by atoms with Crippen molar-refractivity contribution in [1.29, 1.82) is 0 Å². The van der Waals surface area contributed by atoms with Gasteiger partial charge < -0.3 is 20.2 Å². The number of hydrogen-bond acceptors (Lipinski definition) is 4. The van der Waals surface area contributed by atoms with E-state index in [-0.39, 0.29) is 24.3 Å². The number of halogens is 4. The van der Waals surface area contributed by atoms with Gasteiger partial charge in [0, 0.05) is 10.1 Å². The first-order valence-corrected chi connectivity index (χ1v) is 10.8. The summed E-state index contributed by atoms with van der Waals surface area (Å²) in [5.74, 6) is -3.60. The van der Waals surface area contributed by atoms with Crippen molar-refractivity contribution in [2.24, 2.45) is 0 Å². The smallest absolute Gasteiger partial charge is 0.256 e. The molecular weight excluding hydrogens is 510 g/mol. The second-order valence-corrected chi connectivity index (χ2v) is 9.15. The minimum Gasteiger partial charge on any atom is -0.385 e. The highest BCUT2D eigenvalue weighted by Gasteiger charge is 2.45. The Balaban J connectivity index is 1.54. The number of nitrogens with zero attached hydrogens (tertiary/aromatic N) is 2. The van der Waals surface area contributed by atoms with Gasteiger partial charge in [0.1, 0.15) is 11.4 Å². The van der Waals surface area contributed by atoms with Gasteiger partial charge in [-0.3, -0.25) is 4.79 Å². The number of amides is 1. The Hall–Kier alpha value is -1.85. The predicted molar refractivity (Wildman–Crippen MR) is 115 cm³/mol. The lowest BCUT2D eigenvalue weighted by molar-refractivity contribution is -0.0950. The summed E-state index contributed by atoms with van der Waals surface area (Å²) in [6.45, 7) is 2.55. The molecule has 2 fully saturated rings. The van der Waals surface area contributed by atoms with Crippen LogP contribution in [0, 0.1) is 21.0 Å². The van der Waals surface area contributed by atoms with Crippen LogP contribution in [0.3, 0.4) is 0 Å². The molecule has 0 saturated carbocycles. The van der Waals surface area contributed by atoms with E-state index in [2.05, 4.69) is 10.2 Å². The number of β-amino-alcohol motifs (C(OH)–C–C–N with tert-alkyl or cyclic N) is 1. The van der Waals surface area contributed by atoms with Gasteiger partial charge in [0.25, 0.3) is 5.91 Å². The topological polar surface area (TPSA) is 55.8 Å². The molecule has 0 atom stereocenters. The predicted octanol–water partition coefficient (Wildman–Crippen LogP) is 3.73. The van der Waals surface area contributed by atoms with Gasteiger partial charge in [0.2, 0.25) is 0 Å². The van der Waals surface area contributed by atoms with E-state index in [0.717, 1.165) is 32.0 Å². The Labute approximate surface area is 186 Å². The van der Waals surface area contributed by atoms with E-state index in [9.17, 15) is 23.1 Å². The molecule has 2 heterocycles. The summed E-state index contributed by atoms with van der Waals surface area (Å²) in [5, 5.41) is 13.2. The molecule has 160 valence electrons. The maximum atomic E-state index is 14.5. The molecule has 2 aromatic carbocycles. The summed E-state index contributed by atoms with van der Waals surface area (Å²) >= 11 is 1.93. The minimum absolute atomic E-state index is 0.0666. The maximum absolute atomic E-state index is 14.5. The highest BCUT2D eigenvalue weighted by Crippen LogP contribution is 2.32. The van der Waals surface area contributed by atoms with Crippen molar-refractivity contribution in [3.63, 3.8) is 0 Å². The van der Waals surface area contributed by atoms with Crippen molar-refractivity contribution >= 4 is 39.9 Å². The molecule has 2 saturated heterocycles. The Bertz CT molecular complexity index is 976. The number of rotatable bonds is 5. The van der Waals surface area contributed by atoms with E-state index in [0.29, 0.717) is 10.1 Å². The number of anilines is 2. The quantitative estimate of drug-likeness (QED) is 0.578. The van der Waals surface area contributed by atoms with E-state index in [1.54, 1.807) is 6.07 Å². The lowest BCUT2D eigenvalue weighted by Crippen LogP contribution is -2.67. The van der Waals surface area contributed by atoms with Crippen LogP contribution in [-0.4, -0.2) is 59.1 Å². The first kappa shape index (κ1) is 21.4. The zero-order valence-electron chi connectivity index (χ0n) is 16.1. The molecule has 1 amide bonds. The van der Waals surface area contributed by atoms with Crippen molar-refractivity contribution in [3.8, 4) is 0 Å². The SMILES string of the molecule is O=C(c1ccc(F)c(F)c1Nc1ccc(I)cc1F)N1CC(O)(CN2CCCC2)C1. The molecule has 0 radical (unpaired) electrons. The monoisotopic (exact) mass is 531 g/mol. The van der Waals surface area contributed by atoms with Crippen LogP contribution in [0.5, 0.6) is 0 Å². The summed E-state index contributed by atoms with van der Waals surface area (Å²) < 4.78 is 43.3. The number of carbonyl (C=O) groups is 1. The van der Waals surface area contributed by atoms with Gasteiger partial charge in [-0.25, -0.2) is 13.2 Å². The van der Waals surface area contributed by atoms with Crippen LogP contribution in [0.25, 0.3) is 0 Å². The third-order valence-corrected chi connectivity index (χ3v) is 6.16. The Kier molecular flexibility index (Phi) is 5.95. The molecule has 4 rings (SSSR count). The molecule has 30 heavy (non-hydrogen) atoms. The summed E-state index contributed by atoms with van der Waals surface area (Å²) in [6, 6.07) is 6.29. The molecule has 0 bridgehead atoms. The van der Waals surface area contributed by atoms with Crippen LogP contribution in [0.2, 0.25) is 0 Å². The van der Waals surface area contributed by atoms with Gasteiger partial charge in [-0.1, -0.05) is 0 Å².